The Morgan fingerprint density at radius 2 is 2.00 bits per heavy atom. The summed E-state index contributed by atoms with van der Waals surface area (Å²) >= 11 is 1.74. The Bertz CT molecular complexity index is 869. The number of fused-ring (bicyclic) bond motifs is 2. The summed E-state index contributed by atoms with van der Waals surface area (Å²) in [5.41, 5.74) is 3.78. The molecule has 0 saturated heterocycles. The van der Waals surface area contributed by atoms with E-state index >= 15 is 0 Å². The number of para-hydroxylation sites is 1. The van der Waals surface area contributed by atoms with Crippen LogP contribution in [0.1, 0.15) is 41.4 Å². The maximum absolute atomic E-state index is 12.6. The Labute approximate surface area is 152 Å². The molecule has 1 aromatic heterocycles. The average Bonchev–Trinajstić information content (AvgIpc) is 3.24. The van der Waals surface area contributed by atoms with E-state index in [1.807, 2.05) is 30.1 Å². The van der Waals surface area contributed by atoms with E-state index in [-0.39, 0.29) is 11.9 Å². The SMILES string of the molecule is CN(C(=O)CCCc1nc2ccccc2s1)[C@H]1CCc2ccccc21. The molecule has 2 aromatic carbocycles. The standard InChI is InChI=1S/C21H22N2OS/c1-23(18-14-13-15-7-2-3-8-16(15)18)21(24)12-6-11-20-22-17-9-4-5-10-19(17)25-20/h2-5,7-10,18H,6,11-14H2,1H3/t18-/m0/s1. The molecule has 25 heavy (non-hydrogen) atoms. The molecule has 0 spiro atoms. The molecule has 0 unspecified atom stereocenters. The summed E-state index contributed by atoms with van der Waals surface area (Å²) in [6.07, 6.45) is 4.44. The van der Waals surface area contributed by atoms with Crippen molar-refractivity contribution in [3.05, 3.63) is 64.7 Å². The molecule has 0 fully saturated rings. The van der Waals surface area contributed by atoms with Gasteiger partial charge in [0.2, 0.25) is 5.91 Å². The second-order valence-electron chi connectivity index (χ2n) is 6.69. The molecule has 4 heteroatoms. The van der Waals surface area contributed by atoms with Crippen molar-refractivity contribution in [2.24, 2.45) is 0 Å². The van der Waals surface area contributed by atoms with Gasteiger partial charge >= 0.3 is 0 Å². The van der Waals surface area contributed by atoms with Crippen LogP contribution in [0.15, 0.2) is 48.5 Å². The normalized spacial score (nSPS) is 16.1. The van der Waals surface area contributed by atoms with Gasteiger partial charge in [-0.3, -0.25) is 4.79 Å². The summed E-state index contributed by atoms with van der Waals surface area (Å²) in [6.45, 7) is 0. The molecule has 0 radical (unpaired) electrons. The molecule has 0 aliphatic heterocycles. The number of carbonyl (C=O) groups excluding carboxylic acids is 1. The molecule has 3 aromatic rings. The fraction of sp³-hybridized carbons (Fsp3) is 0.333. The van der Waals surface area contributed by atoms with Crippen molar-refractivity contribution in [3.8, 4) is 0 Å². The van der Waals surface area contributed by atoms with Crippen LogP contribution in [0.5, 0.6) is 0 Å². The summed E-state index contributed by atoms with van der Waals surface area (Å²) in [5, 5.41) is 1.13. The summed E-state index contributed by atoms with van der Waals surface area (Å²) < 4.78 is 1.23. The molecule has 0 saturated carbocycles. The van der Waals surface area contributed by atoms with E-state index in [1.165, 1.54) is 15.8 Å². The minimum absolute atomic E-state index is 0.239. The third-order valence-electron chi connectivity index (χ3n) is 5.08. The fourth-order valence-corrected chi connectivity index (χ4v) is 4.71. The van der Waals surface area contributed by atoms with E-state index in [0.29, 0.717) is 6.42 Å². The Hall–Kier alpha value is -2.20. The average molecular weight is 350 g/mol. The Balaban J connectivity index is 1.34. The summed E-state index contributed by atoms with van der Waals surface area (Å²) in [5.74, 6) is 0.239. The zero-order valence-corrected chi connectivity index (χ0v) is 15.3. The number of aryl methyl sites for hydroxylation is 2. The number of hydrogen-bond acceptors (Lipinski definition) is 3. The summed E-state index contributed by atoms with van der Waals surface area (Å²) in [6, 6.07) is 17.0. The van der Waals surface area contributed by atoms with Crippen molar-refractivity contribution in [1.82, 2.24) is 9.88 Å². The number of thiazole rings is 1. The van der Waals surface area contributed by atoms with Gasteiger partial charge in [-0.05, 0) is 48.9 Å². The minimum Gasteiger partial charge on any atom is -0.339 e. The highest BCUT2D eigenvalue weighted by Crippen LogP contribution is 2.35. The Kier molecular flexibility index (Phi) is 4.53. The Morgan fingerprint density at radius 1 is 1.20 bits per heavy atom. The minimum atomic E-state index is 0.239. The summed E-state index contributed by atoms with van der Waals surface area (Å²) in [7, 11) is 1.95. The highest BCUT2D eigenvalue weighted by molar-refractivity contribution is 7.18. The zero-order chi connectivity index (χ0) is 17.2. The molecule has 1 amide bonds. The van der Waals surface area contributed by atoms with Crippen LogP contribution < -0.4 is 0 Å². The van der Waals surface area contributed by atoms with Crippen LogP contribution in [-0.4, -0.2) is 22.8 Å². The van der Waals surface area contributed by atoms with Crippen molar-refractivity contribution < 1.29 is 4.79 Å². The van der Waals surface area contributed by atoms with Crippen LogP contribution in [-0.2, 0) is 17.6 Å². The van der Waals surface area contributed by atoms with Crippen LogP contribution in [0.3, 0.4) is 0 Å². The quantitative estimate of drug-likeness (QED) is 0.664. The van der Waals surface area contributed by atoms with E-state index in [9.17, 15) is 4.79 Å². The van der Waals surface area contributed by atoms with Gasteiger partial charge in [0.25, 0.3) is 0 Å². The highest BCUT2D eigenvalue weighted by atomic mass is 32.1. The van der Waals surface area contributed by atoms with Crippen molar-refractivity contribution in [2.75, 3.05) is 7.05 Å². The molecule has 128 valence electrons. The van der Waals surface area contributed by atoms with Gasteiger partial charge in [-0.1, -0.05) is 36.4 Å². The van der Waals surface area contributed by atoms with Gasteiger partial charge in [-0.15, -0.1) is 11.3 Å². The van der Waals surface area contributed by atoms with Gasteiger partial charge < -0.3 is 4.90 Å². The summed E-state index contributed by atoms with van der Waals surface area (Å²) in [4.78, 5) is 19.2. The zero-order valence-electron chi connectivity index (χ0n) is 14.4. The smallest absolute Gasteiger partial charge is 0.222 e. The molecular weight excluding hydrogens is 328 g/mol. The molecule has 1 heterocycles. The number of aromatic nitrogens is 1. The van der Waals surface area contributed by atoms with Gasteiger partial charge in [0, 0.05) is 13.5 Å². The second-order valence-corrected chi connectivity index (χ2v) is 7.80. The molecule has 1 atom stereocenters. The highest BCUT2D eigenvalue weighted by Gasteiger charge is 2.27. The fourth-order valence-electron chi connectivity index (χ4n) is 3.70. The lowest BCUT2D eigenvalue weighted by molar-refractivity contribution is -0.132. The van der Waals surface area contributed by atoms with Crippen LogP contribution in [0.2, 0.25) is 0 Å². The maximum atomic E-state index is 12.6. The molecule has 1 aliphatic carbocycles. The number of amides is 1. The Morgan fingerprint density at radius 3 is 2.88 bits per heavy atom. The van der Waals surface area contributed by atoms with Crippen LogP contribution in [0, 0.1) is 0 Å². The number of nitrogens with zero attached hydrogens (tertiary/aromatic N) is 2. The van der Waals surface area contributed by atoms with E-state index in [2.05, 4.69) is 35.3 Å². The van der Waals surface area contributed by atoms with Crippen LogP contribution in [0.4, 0.5) is 0 Å². The monoisotopic (exact) mass is 350 g/mol. The lowest BCUT2D eigenvalue weighted by Gasteiger charge is -2.25. The molecule has 1 aliphatic rings. The topological polar surface area (TPSA) is 33.2 Å². The number of benzene rings is 2. The first-order chi connectivity index (χ1) is 12.2. The van der Waals surface area contributed by atoms with Gasteiger partial charge in [-0.2, -0.15) is 0 Å². The van der Waals surface area contributed by atoms with Gasteiger partial charge in [0.15, 0.2) is 0 Å². The lowest BCUT2D eigenvalue weighted by Crippen LogP contribution is -2.29. The number of hydrogen-bond donors (Lipinski definition) is 0. The molecule has 0 N–H and O–H groups in total. The maximum Gasteiger partial charge on any atom is 0.222 e. The van der Waals surface area contributed by atoms with Gasteiger partial charge in [0.05, 0.1) is 21.3 Å². The van der Waals surface area contributed by atoms with Crippen molar-refractivity contribution in [3.63, 3.8) is 0 Å². The first-order valence-electron chi connectivity index (χ1n) is 8.90. The van der Waals surface area contributed by atoms with Crippen molar-refractivity contribution >= 4 is 27.5 Å². The third-order valence-corrected chi connectivity index (χ3v) is 6.18. The van der Waals surface area contributed by atoms with E-state index in [4.69, 9.17) is 0 Å². The molecule has 0 bridgehead atoms. The molecule has 4 rings (SSSR count). The van der Waals surface area contributed by atoms with Crippen molar-refractivity contribution in [1.29, 1.82) is 0 Å². The number of rotatable bonds is 5. The van der Waals surface area contributed by atoms with Gasteiger partial charge in [-0.25, -0.2) is 4.98 Å². The van der Waals surface area contributed by atoms with Crippen LogP contribution >= 0.6 is 11.3 Å². The van der Waals surface area contributed by atoms with Gasteiger partial charge in [0.1, 0.15) is 0 Å². The second kappa shape index (κ2) is 6.96. The first kappa shape index (κ1) is 16.3. The first-order valence-corrected chi connectivity index (χ1v) is 9.72. The van der Waals surface area contributed by atoms with E-state index < -0.39 is 0 Å². The third kappa shape index (κ3) is 3.31. The predicted octanol–water partition coefficient (Wildman–Crippen LogP) is 4.76. The predicted molar refractivity (Wildman–Crippen MR) is 103 cm³/mol. The largest absolute Gasteiger partial charge is 0.339 e. The van der Waals surface area contributed by atoms with E-state index in [0.717, 1.165) is 36.2 Å². The molecule has 3 nitrogen and oxygen atoms in total. The van der Waals surface area contributed by atoms with Crippen molar-refractivity contribution in [2.45, 2.75) is 38.1 Å². The lowest BCUT2D eigenvalue weighted by atomic mass is 10.1. The molecular formula is C21H22N2OS. The number of carbonyl (C=O) groups is 1. The van der Waals surface area contributed by atoms with Crippen LogP contribution in [0.25, 0.3) is 10.2 Å². The van der Waals surface area contributed by atoms with E-state index in [1.54, 1.807) is 11.3 Å².